The van der Waals surface area contributed by atoms with E-state index in [2.05, 4.69) is 23.8 Å². The summed E-state index contributed by atoms with van der Waals surface area (Å²) in [6.45, 7) is 7.20. The third-order valence-electron chi connectivity index (χ3n) is 7.08. The molecule has 0 amide bonds. The number of hydrogen-bond donors (Lipinski definition) is 1. The number of rotatable bonds is 6. The zero-order valence-corrected chi connectivity index (χ0v) is 19.1. The van der Waals surface area contributed by atoms with Crippen LogP contribution in [-0.2, 0) is 10.0 Å². The van der Waals surface area contributed by atoms with Gasteiger partial charge in [-0.25, -0.2) is 17.7 Å². The highest BCUT2D eigenvalue weighted by Gasteiger charge is 2.41. The van der Waals surface area contributed by atoms with Crippen LogP contribution in [0.4, 0.5) is 5.95 Å². The van der Waals surface area contributed by atoms with Gasteiger partial charge in [0.25, 0.3) is 5.56 Å². The van der Waals surface area contributed by atoms with Crippen LogP contribution in [0.2, 0.25) is 0 Å². The van der Waals surface area contributed by atoms with Crippen molar-refractivity contribution in [3.8, 4) is 0 Å². The van der Waals surface area contributed by atoms with Crippen molar-refractivity contribution in [2.45, 2.75) is 57.5 Å². The van der Waals surface area contributed by atoms with Crippen LogP contribution in [0.3, 0.4) is 0 Å². The summed E-state index contributed by atoms with van der Waals surface area (Å²) in [5, 5.41) is 4.18. The Balaban J connectivity index is 1.64. The predicted molar refractivity (Wildman–Crippen MR) is 123 cm³/mol. The smallest absolute Gasteiger partial charge is 0.252 e. The van der Waals surface area contributed by atoms with Crippen molar-refractivity contribution >= 4 is 27.0 Å². The van der Waals surface area contributed by atoms with E-state index >= 15 is 0 Å². The summed E-state index contributed by atoms with van der Waals surface area (Å²) in [5.41, 5.74) is 0.491. The number of fused-ring (bicyclic) bond motifs is 1. The molecule has 0 spiro atoms. The van der Waals surface area contributed by atoms with Gasteiger partial charge in [-0.3, -0.25) is 9.36 Å². The van der Waals surface area contributed by atoms with E-state index in [9.17, 15) is 13.2 Å². The van der Waals surface area contributed by atoms with Crippen LogP contribution >= 0.6 is 0 Å². The highest BCUT2D eigenvalue weighted by atomic mass is 32.2. The highest BCUT2D eigenvalue weighted by Crippen LogP contribution is 2.49. The lowest BCUT2D eigenvalue weighted by Gasteiger charge is -2.33. The van der Waals surface area contributed by atoms with E-state index in [1.807, 2.05) is 10.6 Å². The Morgan fingerprint density at radius 2 is 2.03 bits per heavy atom. The Labute approximate surface area is 183 Å². The molecule has 2 aliphatic rings. The number of sulfonamides is 1. The number of pyridine rings is 1. The van der Waals surface area contributed by atoms with Gasteiger partial charge in [0.15, 0.2) is 0 Å². The Morgan fingerprint density at radius 1 is 1.29 bits per heavy atom. The summed E-state index contributed by atoms with van der Waals surface area (Å²) in [4.78, 5) is 22.2. The second-order valence-electron chi connectivity index (χ2n) is 8.79. The molecule has 3 heterocycles. The highest BCUT2D eigenvalue weighted by molar-refractivity contribution is 7.88. The number of piperidine rings is 1. The maximum absolute atomic E-state index is 13.0. The molecular formula is C22H31N5O3S. The molecule has 0 aromatic carbocycles. The molecule has 4 rings (SSSR count). The van der Waals surface area contributed by atoms with E-state index in [0.717, 1.165) is 31.1 Å². The van der Waals surface area contributed by atoms with E-state index in [1.54, 1.807) is 18.3 Å². The van der Waals surface area contributed by atoms with Crippen molar-refractivity contribution < 1.29 is 8.42 Å². The molecule has 1 aliphatic carbocycles. The Bertz CT molecular complexity index is 1140. The van der Waals surface area contributed by atoms with Crippen LogP contribution in [0.25, 0.3) is 11.0 Å². The Morgan fingerprint density at radius 3 is 2.68 bits per heavy atom. The van der Waals surface area contributed by atoms with Gasteiger partial charge in [-0.05, 0) is 38.2 Å². The fraction of sp³-hybridized carbons (Fsp3) is 0.591. The zero-order chi connectivity index (χ0) is 22.2. The maximum atomic E-state index is 13.0. The van der Waals surface area contributed by atoms with Crippen LogP contribution in [0.1, 0.15) is 51.5 Å². The quantitative estimate of drug-likeness (QED) is 0.687. The van der Waals surface area contributed by atoms with Crippen LogP contribution in [0.15, 0.2) is 35.8 Å². The molecule has 0 unspecified atom stereocenters. The SMILES string of the molecule is C=C[C@]1(CC)CCC[C@H]1n1c(=O)ccc2cnc(NC3CCN(S(C)(=O)=O)CC3)nc21. The summed E-state index contributed by atoms with van der Waals surface area (Å²) in [6.07, 6.45) is 10.3. The minimum absolute atomic E-state index is 0.0342. The molecule has 1 saturated heterocycles. The zero-order valence-electron chi connectivity index (χ0n) is 18.2. The lowest BCUT2D eigenvalue weighted by molar-refractivity contribution is 0.265. The largest absolute Gasteiger partial charge is 0.351 e. The molecular weight excluding hydrogens is 414 g/mol. The Kier molecular flexibility index (Phi) is 5.91. The molecule has 1 aliphatic heterocycles. The van der Waals surface area contributed by atoms with Gasteiger partial charge in [-0.1, -0.05) is 19.4 Å². The number of aromatic nitrogens is 3. The molecule has 0 radical (unpaired) electrons. The van der Waals surface area contributed by atoms with Gasteiger partial charge in [-0.15, -0.1) is 6.58 Å². The first-order valence-electron chi connectivity index (χ1n) is 11.0. The van der Waals surface area contributed by atoms with E-state index in [1.165, 1.54) is 10.6 Å². The molecule has 8 nitrogen and oxygen atoms in total. The number of hydrogen-bond acceptors (Lipinski definition) is 6. The summed E-state index contributed by atoms with van der Waals surface area (Å²) >= 11 is 0. The van der Waals surface area contributed by atoms with Gasteiger partial charge >= 0.3 is 0 Å². The molecule has 1 N–H and O–H groups in total. The maximum Gasteiger partial charge on any atom is 0.252 e. The fourth-order valence-electron chi connectivity index (χ4n) is 5.18. The summed E-state index contributed by atoms with van der Waals surface area (Å²) in [7, 11) is -3.16. The summed E-state index contributed by atoms with van der Waals surface area (Å²) in [5.74, 6) is 0.475. The fourth-order valence-corrected chi connectivity index (χ4v) is 6.06. The van der Waals surface area contributed by atoms with Crippen molar-refractivity contribution in [3.63, 3.8) is 0 Å². The van der Waals surface area contributed by atoms with E-state index in [0.29, 0.717) is 37.5 Å². The standard InChI is InChI=1S/C22H31N5O3S/c1-4-22(5-2)12-6-7-18(22)27-19(28)9-8-16-15-23-21(25-20(16)27)24-17-10-13-26(14-11-17)31(3,29)30/h4,8-9,15,17-18H,1,5-7,10-14H2,2-3H3,(H,23,24,25)/t18-,22+/m1/s1. The topological polar surface area (TPSA) is 97.2 Å². The number of nitrogens with one attached hydrogen (secondary N) is 1. The number of nitrogens with zero attached hydrogens (tertiary/aromatic N) is 4. The molecule has 2 atom stereocenters. The molecule has 1 saturated carbocycles. The first kappa shape index (κ1) is 22.0. The van der Waals surface area contributed by atoms with Crippen LogP contribution in [-0.4, -0.2) is 52.6 Å². The van der Waals surface area contributed by atoms with Gasteiger partial charge < -0.3 is 5.32 Å². The van der Waals surface area contributed by atoms with Crippen molar-refractivity contribution in [1.82, 2.24) is 18.8 Å². The molecule has 31 heavy (non-hydrogen) atoms. The van der Waals surface area contributed by atoms with Gasteiger partial charge in [0, 0.05) is 48.2 Å². The van der Waals surface area contributed by atoms with Gasteiger partial charge in [0.1, 0.15) is 5.65 Å². The molecule has 2 aromatic heterocycles. The van der Waals surface area contributed by atoms with E-state index < -0.39 is 10.0 Å². The lowest BCUT2D eigenvalue weighted by atomic mass is 9.80. The van der Waals surface area contributed by atoms with Crippen molar-refractivity contribution in [2.24, 2.45) is 5.41 Å². The predicted octanol–water partition coefficient (Wildman–Crippen LogP) is 2.93. The van der Waals surface area contributed by atoms with E-state index in [-0.39, 0.29) is 23.1 Å². The molecule has 2 fully saturated rings. The normalized spacial score (nSPS) is 25.7. The van der Waals surface area contributed by atoms with Crippen LogP contribution in [0.5, 0.6) is 0 Å². The second kappa shape index (κ2) is 8.35. The van der Waals surface area contributed by atoms with Crippen molar-refractivity contribution in [2.75, 3.05) is 24.7 Å². The van der Waals surface area contributed by atoms with E-state index in [4.69, 9.17) is 4.98 Å². The minimum atomic E-state index is -3.16. The van der Waals surface area contributed by atoms with Gasteiger partial charge in [-0.2, -0.15) is 4.98 Å². The molecule has 2 aromatic rings. The minimum Gasteiger partial charge on any atom is -0.351 e. The lowest BCUT2D eigenvalue weighted by Crippen LogP contribution is -2.42. The molecule has 168 valence electrons. The summed E-state index contributed by atoms with van der Waals surface area (Å²) in [6, 6.07) is 3.50. The first-order valence-corrected chi connectivity index (χ1v) is 12.9. The molecule has 0 bridgehead atoms. The summed E-state index contributed by atoms with van der Waals surface area (Å²) < 4.78 is 26.8. The van der Waals surface area contributed by atoms with Gasteiger partial charge in [0.2, 0.25) is 16.0 Å². The average Bonchev–Trinajstić information content (AvgIpc) is 3.17. The Hall–Kier alpha value is -2.26. The van der Waals surface area contributed by atoms with Crippen molar-refractivity contribution in [1.29, 1.82) is 0 Å². The van der Waals surface area contributed by atoms with Crippen molar-refractivity contribution in [3.05, 3.63) is 41.3 Å². The number of allylic oxidation sites excluding steroid dienone is 1. The number of anilines is 1. The van der Waals surface area contributed by atoms with Gasteiger partial charge in [0.05, 0.1) is 6.26 Å². The second-order valence-corrected chi connectivity index (χ2v) is 10.8. The third-order valence-corrected chi connectivity index (χ3v) is 8.39. The van der Waals surface area contributed by atoms with Crippen LogP contribution in [0, 0.1) is 5.41 Å². The molecule has 9 heteroatoms. The van der Waals surface area contributed by atoms with Crippen LogP contribution < -0.4 is 10.9 Å². The third kappa shape index (κ3) is 4.13. The first-order chi connectivity index (χ1) is 14.8. The average molecular weight is 446 g/mol. The monoisotopic (exact) mass is 445 g/mol.